The summed E-state index contributed by atoms with van der Waals surface area (Å²) < 4.78 is 15.9. The van der Waals surface area contributed by atoms with E-state index in [9.17, 15) is 19.5 Å². The van der Waals surface area contributed by atoms with Crippen LogP contribution in [0.4, 0.5) is 0 Å². The number of rotatable bonds is 7. The molecule has 2 heterocycles. The number of hydrogen-bond donors (Lipinski definition) is 1. The molecule has 2 aromatic rings. The van der Waals surface area contributed by atoms with Gasteiger partial charge >= 0.3 is 5.97 Å². The first kappa shape index (κ1) is 24.3. The molecule has 35 heavy (non-hydrogen) atoms. The number of amides is 1. The molecule has 0 bridgehead atoms. The van der Waals surface area contributed by atoms with Crippen LogP contribution in [0, 0.1) is 0 Å². The van der Waals surface area contributed by atoms with E-state index < -0.39 is 23.7 Å². The summed E-state index contributed by atoms with van der Waals surface area (Å²) in [6, 6.07) is 10.6. The van der Waals surface area contributed by atoms with Gasteiger partial charge in [0.1, 0.15) is 19.0 Å². The fourth-order valence-electron chi connectivity index (χ4n) is 4.28. The Balaban J connectivity index is 1.77. The monoisotopic (exact) mass is 480 g/mol. The zero-order valence-electron chi connectivity index (χ0n) is 19.9. The van der Waals surface area contributed by atoms with Gasteiger partial charge in [0.25, 0.3) is 11.7 Å². The van der Waals surface area contributed by atoms with Crippen LogP contribution in [0.15, 0.2) is 48.0 Å². The maximum absolute atomic E-state index is 13.2. The van der Waals surface area contributed by atoms with Crippen LogP contribution >= 0.6 is 0 Å². The van der Waals surface area contributed by atoms with Crippen molar-refractivity contribution in [3.63, 3.8) is 0 Å². The minimum Gasteiger partial charge on any atom is -0.507 e. The molecule has 0 radical (unpaired) electrons. The number of carbonyl (C=O) groups excluding carboxylic acids is 3. The number of carbonyl (C=O) groups is 3. The minimum absolute atomic E-state index is 0.0117. The topological polar surface area (TPSA) is 106 Å². The van der Waals surface area contributed by atoms with E-state index in [4.69, 9.17) is 14.2 Å². The van der Waals surface area contributed by atoms with Gasteiger partial charge in [-0.2, -0.15) is 0 Å². The maximum atomic E-state index is 13.2. The lowest BCUT2D eigenvalue weighted by Gasteiger charge is -2.26. The van der Waals surface area contributed by atoms with Gasteiger partial charge in [0.2, 0.25) is 0 Å². The van der Waals surface area contributed by atoms with Gasteiger partial charge in [-0.25, -0.2) is 4.79 Å². The second kappa shape index (κ2) is 10.2. The van der Waals surface area contributed by atoms with Crippen molar-refractivity contribution >= 4 is 23.4 Å². The number of esters is 1. The van der Waals surface area contributed by atoms with E-state index in [0.717, 1.165) is 6.54 Å². The molecule has 1 saturated heterocycles. The molecule has 0 unspecified atom stereocenters. The molecule has 1 amide bonds. The van der Waals surface area contributed by atoms with Crippen molar-refractivity contribution in [2.45, 2.75) is 12.5 Å². The predicted molar refractivity (Wildman–Crippen MR) is 127 cm³/mol. The van der Waals surface area contributed by atoms with E-state index in [1.807, 2.05) is 19.0 Å². The van der Waals surface area contributed by atoms with Crippen LogP contribution in [0.1, 0.15) is 33.9 Å². The minimum atomic E-state index is -0.808. The molecular weight excluding hydrogens is 452 g/mol. The van der Waals surface area contributed by atoms with Crippen molar-refractivity contribution in [3.05, 3.63) is 64.7 Å². The Morgan fingerprint density at radius 1 is 1.06 bits per heavy atom. The van der Waals surface area contributed by atoms with E-state index in [2.05, 4.69) is 0 Å². The summed E-state index contributed by atoms with van der Waals surface area (Å²) in [7, 11) is 5.15. The molecule has 184 valence electrons. The fraction of sp³-hybridized carbons (Fsp3) is 0.346. The lowest BCUT2D eigenvalue weighted by Crippen LogP contribution is -2.32. The van der Waals surface area contributed by atoms with E-state index in [1.165, 1.54) is 12.0 Å². The van der Waals surface area contributed by atoms with Gasteiger partial charge in [0.05, 0.1) is 24.3 Å². The zero-order chi connectivity index (χ0) is 25.1. The van der Waals surface area contributed by atoms with Crippen LogP contribution in [0.3, 0.4) is 0 Å². The maximum Gasteiger partial charge on any atom is 0.337 e. The third kappa shape index (κ3) is 4.85. The van der Waals surface area contributed by atoms with E-state index in [1.54, 1.807) is 42.5 Å². The molecule has 9 nitrogen and oxygen atoms in total. The molecule has 0 aliphatic carbocycles. The quantitative estimate of drug-likeness (QED) is 0.279. The highest BCUT2D eigenvalue weighted by atomic mass is 16.6. The van der Waals surface area contributed by atoms with Gasteiger partial charge in [-0.15, -0.1) is 0 Å². The number of benzene rings is 2. The van der Waals surface area contributed by atoms with Gasteiger partial charge in [-0.1, -0.05) is 12.1 Å². The highest BCUT2D eigenvalue weighted by Crippen LogP contribution is 2.41. The van der Waals surface area contributed by atoms with Crippen molar-refractivity contribution in [3.8, 4) is 11.5 Å². The molecule has 0 aromatic heterocycles. The van der Waals surface area contributed by atoms with Crippen LogP contribution in [0.5, 0.6) is 11.5 Å². The molecule has 2 aliphatic heterocycles. The highest BCUT2D eigenvalue weighted by molar-refractivity contribution is 6.46. The molecule has 9 heteroatoms. The van der Waals surface area contributed by atoms with Crippen molar-refractivity contribution in [1.82, 2.24) is 9.80 Å². The van der Waals surface area contributed by atoms with Gasteiger partial charge in [0.15, 0.2) is 11.5 Å². The molecular formula is C26H28N2O7. The van der Waals surface area contributed by atoms with Crippen LogP contribution in [-0.2, 0) is 14.3 Å². The van der Waals surface area contributed by atoms with Gasteiger partial charge in [-0.3, -0.25) is 9.59 Å². The summed E-state index contributed by atoms with van der Waals surface area (Å²) >= 11 is 0. The van der Waals surface area contributed by atoms with Crippen molar-refractivity contribution in [2.24, 2.45) is 0 Å². The third-order valence-corrected chi connectivity index (χ3v) is 6.01. The average Bonchev–Trinajstić information content (AvgIpc) is 3.12. The number of ether oxygens (including phenoxy) is 3. The standard InChI is InChI=1S/C26H28N2O7/c1-27(2)11-4-12-28-22(16-5-7-17(8-6-16)26(32)33-3)21(24(30)25(28)31)23(29)18-9-10-19-20(15-18)35-14-13-34-19/h5-10,15,22,29H,4,11-14H2,1-3H3/t22-/m0/s1. The SMILES string of the molecule is COC(=O)c1ccc([C@H]2C(=C(O)c3ccc4c(c3)OCCO4)C(=O)C(=O)N2CCCN(C)C)cc1. The first-order valence-electron chi connectivity index (χ1n) is 11.3. The second-order valence-corrected chi connectivity index (χ2v) is 8.62. The number of fused-ring (bicyclic) bond motifs is 1. The Morgan fingerprint density at radius 2 is 1.71 bits per heavy atom. The number of aliphatic hydroxyl groups excluding tert-OH is 1. The summed E-state index contributed by atoms with van der Waals surface area (Å²) in [4.78, 5) is 41.6. The number of aliphatic hydroxyl groups is 1. The first-order chi connectivity index (χ1) is 16.8. The number of methoxy groups -OCH3 is 1. The van der Waals surface area contributed by atoms with Gasteiger partial charge in [-0.05, 0) is 63.0 Å². The van der Waals surface area contributed by atoms with Crippen molar-refractivity contribution in [1.29, 1.82) is 0 Å². The van der Waals surface area contributed by atoms with Crippen LogP contribution in [0.25, 0.3) is 5.76 Å². The lowest BCUT2D eigenvalue weighted by molar-refractivity contribution is -0.139. The molecule has 0 spiro atoms. The summed E-state index contributed by atoms with van der Waals surface area (Å²) in [5.41, 5.74) is 1.27. The Bertz CT molecular complexity index is 1170. The van der Waals surface area contributed by atoms with E-state index >= 15 is 0 Å². The summed E-state index contributed by atoms with van der Waals surface area (Å²) in [5.74, 6) is -1.22. The molecule has 1 N–H and O–H groups in total. The van der Waals surface area contributed by atoms with Gasteiger partial charge in [0, 0.05) is 12.1 Å². The first-order valence-corrected chi connectivity index (χ1v) is 11.3. The predicted octanol–water partition coefficient (Wildman–Crippen LogP) is 2.62. The molecule has 2 aromatic carbocycles. The molecule has 2 aliphatic rings. The lowest BCUT2D eigenvalue weighted by atomic mass is 9.94. The number of likely N-dealkylation sites (tertiary alicyclic amines) is 1. The highest BCUT2D eigenvalue weighted by Gasteiger charge is 2.45. The number of Topliss-reactive ketones (excluding diaryl/α,β-unsaturated/α-hetero) is 1. The Labute approximate surface area is 203 Å². The Morgan fingerprint density at radius 3 is 2.37 bits per heavy atom. The summed E-state index contributed by atoms with van der Waals surface area (Å²) in [5, 5.41) is 11.3. The van der Waals surface area contributed by atoms with Crippen LogP contribution in [0.2, 0.25) is 0 Å². The van der Waals surface area contributed by atoms with Crippen LogP contribution < -0.4 is 9.47 Å². The third-order valence-electron chi connectivity index (χ3n) is 6.01. The van der Waals surface area contributed by atoms with E-state index in [-0.39, 0.29) is 11.3 Å². The average molecular weight is 481 g/mol. The molecule has 0 saturated carbocycles. The zero-order valence-corrected chi connectivity index (χ0v) is 19.9. The molecule has 1 fully saturated rings. The Hall–Kier alpha value is -3.85. The van der Waals surface area contributed by atoms with Crippen molar-refractivity contribution in [2.75, 3.05) is 47.5 Å². The normalized spacial score (nSPS) is 18.7. The Kier molecular flexibility index (Phi) is 7.07. The molecule has 1 atom stereocenters. The van der Waals surface area contributed by atoms with Gasteiger partial charge < -0.3 is 29.1 Å². The van der Waals surface area contributed by atoms with E-state index in [0.29, 0.717) is 54.4 Å². The second-order valence-electron chi connectivity index (χ2n) is 8.62. The summed E-state index contributed by atoms with van der Waals surface area (Å²) in [6.45, 7) is 1.85. The smallest absolute Gasteiger partial charge is 0.337 e. The van der Waals surface area contributed by atoms with Crippen molar-refractivity contribution < 1.29 is 33.7 Å². The number of hydrogen-bond acceptors (Lipinski definition) is 8. The number of ketones is 1. The number of nitrogens with zero attached hydrogens (tertiary/aromatic N) is 2. The largest absolute Gasteiger partial charge is 0.507 e. The molecule has 4 rings (SSSR count). The summed E-state index contributed by atoms with van der Waals surface area (Å²) in [6.07, 6.45) is 0.640. The van der Waals surface area contributed by atoms with Crippen LogP contribution in [-0.4, -0.2) is 80.1 Å². The fourth-order valence-corrected chi connectivity index (χ4v) is 4.28.